The lowest BCUT2D eigenvalue weighted by Gasteiger charge is -2.13. The predicted molar refractivity (Wildman–Crippen MR) is 70.8 cm³/mol. The third-order valence-corrected chi connectivity index (χ3v) is 3.09. The van der Waals surface area contributed by atoms with Gasteiger partial charge in [0.05, 0.1) is 17.7 Å². The SMILES string of the molecule is O=C1CC(c2ccc(Cl)cc2)=Nc2ncccc21. The molecule has 88 valence electrons. The highest BCUT2D eigenvalue weighted by Crippen LogP contribution is 2.25. The minimum atomic E-state index is 0.0538. The molecule has 0 fully saturated rings. The molecule has 1 aromatic heterocycles. The number of carbonyl (C=O) groups excluding carboxylic acids is 1. The van der Waals surface area contributed by atoms with Crippen LogP contribution in [0.25, 0.3) is 0 Å². The van der Waals surface area contributed by atoms with Gasteiger partial charge in [-0.3, -0.25) is 4.79 Å². The van der Waals surface area contributed by atoms with Crippen LogP contribution in [0.5, 0.6) is 0 Å². The van der Waals surface area contributed by atoms with Gasteiger partial charge < -0.3 is 0 Å². The van der Waals surface area contributed by atoms with Gasteiger partial charge in [0.2, 0.25) is 0 Å². The summed E-state index contributed by atoms with van der Waals surface area (Å²) in [6, 6.07) is 10.8. The molecule has 0 unspecified atom stereocenters. The van der Waals surface area contributed by atoms with E-state index >= 15 is 0 Å². The first-order chi connectivity index (χ1) is 8.74. The van der Waals surface area contributed by atoms with Crippen LogP contribution in [0, 0.1) is 0 Å². The van der Waals surface area contributed by atoms with Crippen molar-refractivity contribution in [1.29, 1.82) is 0 Å². The molecule has 0 amide bonds. The lowest BCUT2D eigenvalue weighted by Crippen LogP contribution is -2.14. The Kier molecular flexibility index (Phi) is 2.68. The number of Topliss-reactive ketones (excluding diaryl/α,β-unsaturated/α-hetero) is 1. The second-order valence-electron chi connectivity index (χ2n) is 4.04. The van der Waals surface area contributed by atoms with Crippen LogP contribution in [-0.2, 0) is 0 Å². The number of halogens is 1. The number of hydrogen-bond acceptors (Lipinski definition) is 3. The zero-order valence-electron chi connectivity index (χ0n) is 9.43. The van der Waals surface area contributed by atoms with E-state index < -0.39 is 0 Å². The number of aromatic nitrogens is 1. The summed E-state index contributed by atoms with van der Waals surface area (Å²) in [7, 11) is 0. The Hall–Kier alpha value is -2.00. The Morgan fingerprint density at radius 2 is 1.89 bits per heavy atom. The number of nitrogens with zero attached hydrogens (tertiary/aromatic N) is 2. The molecule has 0 aliphatic carbocycles. The molecule has 3 nitrogen and oxygen atoms in total. The van der Waals surface area contributed by atoms with Gasteiger partial charge in [-0.1, -0.05) is 23.7 Å². The van der Waals surface area contributed by atoms with Crippen molar-refractivity contribution in [2.24, 2.45) is 4.99 Å². The van der Waals surface area contributed by atoms with Gasteiger partial charge in [-0.05, 0) is 29.8 Å². The molecule has 3 rings (SSSR count). The van der Waals surface area contributed by atoms with Crippen molar-refractivity contribution < 1.29 is 4.79 Å². The highest BCUT2D eigenvalue weighted by atomic mass is 35.5. The topological polar surface area (TPSA) is 42.3 Å². The molecule has 0 spiro atoms. The van der Waals surface area contributed by atoms with E-state index in [1.54, 1.807) is 30.5 Å². The number of aliphatic imine (C=N–C) groups is 1. The molecule has 0 saturated carbocycles. The normalized spacial score (nSPS) is 14.1. The molecule has 0 N–H and O–H groups in total. The Morgan fingerprint density at radius 1 is 1.11 bits per heavy atom. The fourth-order valence-electron chi connectivity index (χ4n) is 1.93. The van der Waals surface area contributed by atoms with Crippen LogP contribution in [0.2, 0.25) is 5.02 Å². The molecule has 0 saturated heterocycles. The summed E-state index contributed by atoms with van der Waals surface area (Å²) in [6.07, 6.45) is 1.95. The van der Waals surface area contributed by atoms with Gasteiger partial charge in [0.25, 0.3) is 0 Å². The average molecular weight is 257 g/mol. The van der Waals surface area contributed by atoms with Crippen LogP contribution in [0.15, 0.2) is 47.6 Å². The van der Waals surface area contributed by atoms with Gasteiger partial charge in [0.15, 0.2) is 11.6 Å². The second-order valence-corrected chi connectivity index (χ2v) is 4.48. The lowest BCUT2D eigenvalue weighted by atomic mass is 9.98. The Labute approximate surface area is 109 Å². The molecular formula is C14H9ClN2O. The maximum absolute atomic E-state index is 12.0. The summed E-state index contributed by atoms with van der Waals surface area (Å²) in [4.78, 5) is 20.6. The van der Waals surface area contributed by atoms with E-state index in [1.807, 2.05) is 12.1 Å². The van der Waals surface area contributed by atoms with Crippen molar-refractivity contribution in [3.05, 3.63) is 58.7 Å². The van der Waals surface area contributed by atoms with E-state index in [0.29, 0.717) is 22.8 Å². The number of benzene rings is 1. The first-order valence-corrected chi connectivity index (χ1v) is 5.93. The number of hydrogen-bond donors (Lipinski definition) is 0. The van der Waals surface area contributed by atoms with Crippen LogP contribution in [0.4, 0.5) is 5.82 Å². The number of fused-ring (bicyclic) bond motifs is 1. The molecule has 4 heteroatoms. The van der Waals surface area contributed by atoms with Gasteiger partial charge in [-0.15, -0.1) is 0 Å². The molecule has 18 heavy (non-hydrogen) atoms. The van der Waals surface area contributed by atoms with E-state index in [1.165, 1.54) is 0 Å². The summed E-state index contributed by atoms with van der Waals surface area (Å²) in [5.41, 5.74) is 2.24. The Morgan fingerprint density at radius 3 is 2.67 bits per heavy atom. The number of pyridine rings is 1. The van der Waals surface area contributed by atoms with Crippen molar-refractivity contribution in [1.82, 2.24) is 4.98 Å². The standard InChI is InChI=1S/C14H9ClN2O/c15-10-5-3-9(4-6-10)12-8-13(18)11-2-1-7-16-14(11)17-12/h1-7H,8H2. The molecule has 0 atom stereocenters. The minimum Gasteiger partial charge on any atom is -0.294 e. The van der Waals surface area contributed by atoms with Crippen LogP contribution in [-0.4, -0.2) is 16.5 Å². The second kappa shape index (κ2) is 4.35. The highest BCUT2D eigenvalue weighted by Gasteiger charge is 2.21. The van der Waals surface area contributed by atoms with Gasteiger partial charge in [-0.25, -0.2) is 9.98 Å². The van der Waals surface area contributed by atoms with Gasteiger partial charge >= 0.3 is 0 Å². The van der Waals surface area contributed by atoms with Crippen molar-refractivity contribution in [3.8, 4) is 0 Å². The van der Waals surface area contributed by atoms with Gasteiger partial charge in [0, 0.05) is 11.2 Å². The fraction of sp³-hybridized carbons (Fsp3) is 0.0714. The third-order valence-electron chi connectivity index (χ3n) is 2.83. The maximum Gasteiger partial charge on any atom is 0.172 e. The van der Waals surface area contributed by atoms with Gasteiger partial charge in [0.1, 0.15) is 0 Å². The van der Waals surface area contributed by atoms with Crippen LogP contribution >= 0.6 is 11.6 Å². The van der Waals surface area contributed by atoms with E-state index in [-0.39, 0.29) is 5.78 Å². The van der Waals surface area contributed by atoms with Crippen molar-refractivity contribution in [3.63, 3.8) is 0 Å². The molecular weight excluding hydrogens is 248 g/mol. The van der Waals surface area contributed by atoms with Crippen molar-refractivity contribution in [2.45, 2.75) is 6.42 Å². The molecule has 0 bridgehead atoms. The smallest absolute Gasteiger partial charge is 0.172 e. The summed E-state index contributed by atoms with van der Waals surface area (Å²) in [5, 5.41) is 0.667. The zero-order chi connectivity index (χ0) is 12.5. The van der Waals surface area contributed by atoms with Crippen molar-refractivity contribution in [2.75, 3.05) is 0 Å². The summed E-state index contributed by atoms with van der Waals surface area (Å²) in [5.74, 6) is 0.553. The van der Waals surface area contributed by atoms with Crippen molar-refractivity contribution >= 4 is 28.9 Å². The minimum absolute atomic E-state index is 0.0538. The quantitative estimate of drug-likeness (QED) is 0.784. The van der Waals surface area contributed by atoms with Crippen LogP contribution in [0.1, 0.15) is 22.3 Å². The predicted octanol–water partition coefficient (Wildman–Crippen LogP) is 3.44. The highest BCUT2D eigenvalue weighted by molar-refractivity contribution is 6.30. The first kappa shape index (κ1) is 11.1. The third kappa shape index (κ3) is 1.93. The Balaban J connectivity index is 2.08. The van der Waals surface area contributed by atoms with Gasteiger partial charge in [-0.2, -0.15) is 0 Å². The maximum atomic E-state index is 12.0. The largest absolute Gasteiger partial charge is 0.294 e. The van der Waals surface area contributed by atoms with E-state index in [0.717, 1.165) is 11.3 Å². The summed E-state index contributed by atoms with van der Waals surface area (Å²) < 4.78 is 0. The first-order valence-electron chi connectivity index (χ1n) is 5.56. The average Bonchev–Trinajstić information content (AvgIpc) is 2.39. The number of carbonyl (C=O) groups is 1. The molecule has 2 heterocycles. The summed E-state index contributed by atoms with van der Waals surface area (Å²) in [6.45, 7) is 0. The molecule has 0 radical (unpaired) electrons. The van der Waals surface area contributed by atoms with E-state index in [9.17, 15) is 4.79 Å². The molecule has 2 aromatic rings. The summed E-state index contributed by atoms with van der Waals surface area (Å²) >= 11 is 5.84. The molecule has 1 aromatic carbocycles. The molecule has 1 aliphatic heterocycles. The molecule has 1 aliphatic rings. The Bertz CT molecular complexity index is 647. The van der Waals surface area contributed by atoms with Crippen LogP contribution < -0.4 is 0 Å². The lowest BCUT2D eigenvalue weighted by molar-refractivity contribution is 0.0999. The number of ketones is 1. The van der Waals surface area contributed by atoms with Crippen LogP contribution in [0.3, 0.4) is 0 Å². The fourth-order valence-corrected chi connectivity index (χ4v) is 2.05. The zero-order valence-corrected chi connectivity index (χ0v) is 10.2. The van der Waals surface area contributed by atoms with E-state index in [2.05, 4.69) is 9.98 Å². The monoisotopic (exact) mass is 256 g/mol. The number of rotatable bonds is 1. The van der Waals surface area contributed by atoms with E-state index in [4.69, 9.17) is 11.6 Å².